The first-order valence-corrected chi connectivity index (χ1v) is 6.49. The van der Waals surface area contributed by atoms with Gasteiger partial charge in [-0.1, -0.05) is 75.6 Å². The van der Waals surface area contributed by atoms with Crippen LogP contribution in [-0.2, 0) is 0 Å². The molecule has 0 aliphatic heterocycles. The number of benzene rings is 1. The van der Waals surface area contributed by atoms with Crippen molar-refractivity contribution in [2.75, 3.05) is 0 Å². The minimum Gasteiger partial charge on any atom is -0.0671 e. The molecule has 1 aromatic rings. The van der Waals surface area contributed by atoms with Crippen molar-refractivity contribution >= 4 is 6.08 Å². The molecule has 0 saturated carbocycles. The van der Waals surface area contributed by atoms with Gasteiger partial charge >= 0.3 is 0 Å². The summed E-state index contributed by atoms with van der Waals surface area (Å²) < 4.78 is 0. The molecule has 0 unspecified atom stereocenters. The van der Waals surface area contributed by atoms with Gasteiger partial charge in [0.2, 0.25) is 0 Å². The first kappa shape index (κ1) is 13.0. The van der Waals surface area contributed by atoms with Gasteiger partial charge in [-0.05, 0) is 24.3 Å². The maximum absolute atomic E-state index is 2.36. The number of hydrogen-bond donors (Lipinski definition) is 0. The summed E-state index contributed by atoms with van der Waals surface area (Å²) in [5.41, 5.74) is 2.92. The summed E-state index contributed by atoms with van der Waals surface area (Å²) in [5.74, 6) is 0.664. The molecule has 0 heterocycles. The van der Waals surface area contributed by atoms with Gasteiger partial charge in [0.05, 0.1) is 0 Å². The van der Waals surface area contributed by atoms with Crippen LogP contribution in [0, 0.1) is 5.92 Å². The standard InChI is InChI=1S/C16H24/c1-4-5-7-12-16(14(2)3)13-15-10-8-6-9-11-15/h6,8-11,13-14H,4-5,7,12H2,1-3H3. The Hall–Kier alpha value is -1.04. The van der Waals surface area contributed by atoms with E-state index in [1.807, 2.05) is 0 Å². The van der Waals surface area contributed by atoms with E-state index in [4.69, 9.17) is 0 Å². The molecule has 1 rings (SSSR count). The van der Waals surface area contributed by atoms with E-state index in [0.29, 0.717) is 5.92 Å². The molecule has 0 aliphatic carbocycles. The predicted molar refractivity (Wildman–Crippen MR) is 73.4 cm³/mol. The highest BCUT2D eigenvalue weighted by Gasteiger charge is 2.03. The summed E-state index contributed by atoms with van der Waals surface area (Å²) in [5, 5.41) is 0. The van der Waals surface area contributed by atoms with E-state index >= 15 is 0 Å². The third kappa shape index (κ3) is 4.65. The van der Waals surface area contributed by atoms with Crippen molar-refractivity contribution in [1.82, 2.24) is 0 Å². The highest BCUT2D eigenvalue weighted by molar-refractivity contribution is 5.52. The Morgan fingerprint density at radius 1 is 1.12 bits per heavy atom. The number of hydrogen-bond acceptors (Lipinski definition) is 0. The highest BCUT2D eigenvalue weighted by Crippen LogP contribution is 2.20. The van der Waals surface area contributed by atoms with Gasteiger partial charge in [0.25, 0.3) is 0 Å². The molecular formula is C16H24. The Bertz CT molecular complexity index is 306. The van der Waals surface area contributed by atoms with Gasteiger partial charge in [0.1, 0.15) is 0 Å². The van der Waals surface area contributed by atoms with Crippen molar-refractivity contribution in [3.63, 3.8) is 0 Å². The van der Waals surface area contributed by atoms with E-state index in [9.17, 15) is 0 Å². The summed E-state index contributed by atoms with van der Waals surface area (Å²) in [6.45, 7) is 6.84. The zero-order valence-corrected chi connectivity index (χ0v) is 10.9. The minimum atomic E-state index is 0.664. The maximum atomic E-state index is 2.36. The summed E-state index contributed by atoms with van der Waals surface area (Å²) in [6.07, 6.45) is 7.59. The number of allylic oxidation sites excluding steroid dienone is 1. The van der Waals surface area contributed by atoms with Crippen LogP contribution in [0.5, 0.6) is 0 Å². The third-order valence-electron chi connectivity index (χ3n) is 2.96. The van der Waals surface area contributed by atoms with Gasteiger partial charge in [-0.2, -0.15) is 0 Å². The van der Waals surface area contributed by atoms with Crippen LogP contribution < -0.4 is 0 Å². The van der Waals surface area contributed by atoms with Gasteiger partial charge in [-0.15, -0.1) is 0 Å². The molecule has 0 amide bonds. The van der Waals surface area contributed by atoms with Gasteiger partial charge < -0.3 is 0 Å². The van der Waals surface area contributed by atoms with Crippen LogP contribution in [0.4, 0.5) is 0 Å². The second kappa shape index (κ2) is 7.27. The monoisotopic (exact) mass is 216 g/mol. The van der Waals surface area contributed by atoms with E-state index in [1.165, 1.54) is 31.2 Å². The summed E-state index contributed by atoms with van der Waals surface area (Å²) in [4.78, 5) is 0. The van der Waals surface area contributed by atoms with E-state index in [0.717, 1.165) is 0 Å². The molecule has 16 heavy (non-hydrogen) atoms. The van der Waals surface area contributed by atoms with Crippen LogP contribution in [-0.4, -0.2) is 0 Å². The molecule has 0 aromatic heterocycles. The van der Waals surface area contributed by atoms with Crippen molar-refractivity contribution in [2.24, 2.45) is 5.92 Å². The van der Waals surface area contributed by atoms with Crippen LogP contribution in [0.2, 0.25) is 0 Å². The average molecular weight is 216 g/mol. The zero-order valence-electron chi connectivity index (χ0n) is 10.9. The van der Waals surface area contributed by atoms with Crippen LogP contribution in [0.15, 0.2) is 35.9 Å². The first-order chi connectivity index (χ1) is 7.74. The molecule has 0 N–H and O–H groups in total. The lowest BCUT2D eigenvalue weighted by Gasteiger charge is -2.11. The maximum Gasteiger partial charge on any atom is -0.0257 e. The Labute approximate surface area is 100 Å². The van der Waals surface area contributed by atoms with Gasteiger partial charge in [0.15, 0.2) is 0 Å². The number of unbranched alkanes of at least 4 members (excludes halogenated alkanes) is 2. The van der Waals surface area contributed by atoms with E-state index in [1.54, 1.807) is 5.57 Å². The smallest absolute Gasteiger partial charge is 0.0257 e. The van der Waals surface area contributed by atoms with Crippen molar-refractivity contribution in [3.8, 4) is 0 Å². The average Bonchev–Trinajstić information content (AvgIpc) is 2.29. The lowest BCUT2D eigenvalue weighted by molar-refractivity contribution is 0.652. The van der Waals surface area contributed by atoms with E-state index < -0.39 is 0 Å². The van der Waals surface area contributed by atoms with E-state index in [-0.39, 0.29) is 0 Å². The van der Waals surface area contributed by atoms with Crippen LogP contribution in [0.1, 0.15) is 52.0 Å². The molecule has 0 spiro atoms. The fourth-order valence-corrected chi connectivity index (χ4v) is 1.87. The van der Waals surface area contributed by atoms with Crippen molar-refractivity contribution < 1.29 is 0 Å². The molecule has 0 fully saturated rings. The summed E-state index contributed by atoms with van der Waals surface area (Å²) in [7, 11) is 0. The van der Waals surface area contributed by atoms with Gasteiger partial charge in [-0.25, -0.2) is 0 Å². The van der Waals surface area contributed by atoms with Gasteiger partial charge in [-0.3, -0.25) is 0 Å². The molecule has 88 valence electrons. The van der Waals surface area contributed by atoms with Gasteiger partial charge in [0, 0.05) is 0 Å². The lowest BCUT2D eigenvalue weighted by atomic mass is 9.95. The minimum absolute atomic E-state index is 0.664. The normalized spacial score (nSPS) is 12.1. The van der Waals surface area contributed by atoms with Crippen molar-refractivity contribution in [3.05, 3.63) is 41.5 Å². The SMILES string of the molecule is CCCCCC(=Cc1ccccc1)C(C)C. The molecule has 1 aromatic carbocycles. The fourth-order valence-electron chi connectivity index (χ4n) is 1.87. The lowest BCUT2D eigenvalue weighted by Crippen LogP contribution is -1.94. The highest BCUT2D eigenvalue weighted by atomic mass is 14.1. The Morgan fingerprint density at radius 3 is 2.38 bits per heavy atom. The molecule has 0 radical (unpaired) electrons. The summed E-state index contributed by atoms with van der Waals surface area (Å²) in [6, 6.07) is 10.7. The zero-order chi connectivity index (χ0) is 11.8. The molecule has 0 saturated heterocycles. The molecular weight excluding hydrogens is 192 g/mol. The molecule has 0 nitrogen and oxygen atoms in total. The summed E-state index contributed by atoms with van der Waals surface area (Å²) >= 11 is 0. The van der Waals surface area contributed by atoms with Crippen LogP contribution in [0.3, 0.4) is 0 Å². The Kier molecular flexibility index (Phi) is 5.92. The molecule has 0 bridgehead atoms. The molecule has 0 atom stereocenters. The van der Waals surface area contributed by atoms with Crippen LogP contribution in [0.25, 0.3) is 6.08 Å². The second-order valence-corrected chi connectivity index (χ2v) is 4.74. The largest absolute Gasteiger partial charge is 0.0671 e. The third-order valence-corrected chi connectivity index (χ3v) is 2.96. The second-order valence-electron chi connectivity index (χ2n) is 4.74. The van der Waals surface area contributed by atoms with E-state index in [2.05, 4.69) is 57.2 Å². The number of rotatable bonds is 6. The Morgan fingerprint density at radius 2 is 1.81 bits per heavy atom. The first-order valence-electron chi connectivity index (χ1n) is 6.49. The van der Waals surface area contributed by atoms with Crippen molar-refractivity contribution in [1.29, 1.82) is 0 Å². The fraction of sp³-hybridized carbons (Fsp3) is 0.500. The quantitative estimate of drug-likeness (QED) is 0.565. The van der Waals surface area contributed by atoms with Crippen molar-refractivity contribution in [2.45, 2.75) is 46.5 Å². The van der Waals surface area contributed by atoms with Crippen LogP contribution >= 0.6 is 0 Å². The molecule has 0 aliphatic rings. The molecule has 0 heteroatoms. The topological polar surface area (TPSA) is 0 Å². The Balaban J connectivity index is 2.66. The predicted octanol–water partition coefficient (Wildman–Crippen LogP) is 5.31.